The summed E-state index contributed by atoms with van der Waals surface area (Å²) in [5.74, 6) is 0.850. The molecule has 1 aliphatic rings. The lowest BCUT2D eigenvalue weighted by atomic mass is 10.2. The van der Waals surface area contributed by atoms with Crippen molar-refractivity contribution in [3.63, 3.8) is 0 Å². The minimum absolute atomic E-state index is 0.850. The molecule has 0 bridgehead atoms. The van der Waals surface area contributed by atoms with Gasteiger partial charge < -0.3 is 4.42 Å². The third-order valence-corrected chi connectivity index (χ3v) is 4.27. The predicted octanol–water partition coefficient (Wildman–Crippen LogP) is 4.07. The maximum atomic E-state index is 5.88. The molecule has 3 rings (SSSR count). The molecule has 0 fully saturated rings. The van der Waals surface area contributed by atoms with Crippen molar-refractivity contribution in [3.05, 3.63) is 41.5 Å². The number of amidine groups is 1. The van der Waals surface area contributed by atoms with Gasteiger partial charge in [0.15, 0.2) is 10.9 Å². The van der Waals surface area contributed by atoms with Crippen molar-refractivity contribution in [3.8, 4) is 0 Å². The van der Waals surface area contributed by atoms with E-state index in [9.17, 15) is 0 Å². The van der Waals surface area contributed by atoms with E-state index in [0.717, 1.165) is 40.6 Å². The number of hydrogen-bond donors (Lipinski definition) is 1. The van der Waals surface area contributed by atoms with E-state index in [1.54, 1.807) is 11.8 Å². The Morgan fingerprint density at radius 3 is 2.95 bits per heavy atom. The number of para-hydroxylation sites is 1. The molecule has 110 valence electrons. The lowest BCUT2D eigenvalue weighted by Crippen LogP contribution is -2.39. The first kappa shape index (κ1) is 14.1. The van der Waals surface area contributed by atoms with Gasteiger partial charge in [-0.1, -0.05) is 43.3 Å². The standard InChI is InChI=1S/C16H19N3OS/c1-3-4-9-17-16-19(2)18-13(11-21-16)15-10-12-7-5-6-8-14(12)20-15/h5-8,10-11,18H,3-4,9H2,1-2H3. The zero-order valence-electron chi connectivity index (χ0n) is 12.3. The highest BCUT2D eigenvalue weighted by Gasteiger charge is 2.18. The summed E-state index contributed by atoms with van der Waals surface area (Å²) in [7, 11) is 1.98. The van der Waals surface area contributed by atoms with Crippen molar-refractivity contribution in [2.45, 2.75) is 19.8 Å². The van der Waals surface area contributed by atoms with Gasteiger partial charge in [-0.15, -0.1) is 0 Å². The molecule has 0 saturated carbocycles. The number of aliphatic imine (C=N–C) groups is 1. The fourth-order valence-electron chi connectivity index (χ4n) is 2.15. The van der Waals surface area contributed by atoms with Crippen molar-refractivity contribution in [2.75, 3.05) is 13.6 Å². The Bertz CT molecular complexity index is 657. The van der Waals surface area contributed by atoms with Crippen molar-refractivity contribution in [2.24, 2.45) is 4.99 Å². The molecule has 0 aliphatic carbocycles. The van der Waals surface area contributed by atoms with Crippen LogP contribution < -0.4 is 5.43 Å². The van der Waals surface area contributed by atoms with Crippen LogP contribution in [-0.4, -0.2) is 23.8 Å². The summed E-state index contributed by atoms with van der Waals surface area (Å²) >= 11 is 1.63. The Hall–Kier alpha value is -1.88. The number of benzene rings is 1. The van der Waals surface area contributed by atoms with E-state index in [0.29, 0.717) is 0 Å². The molecule has 21 heavy (non-hydrogen) atoms. The first-order valence-electron chi connectivity index (χ1n) is 7.18. The Morgan fingerprint density at radius 1 is 1.33 bits per heavy atom. The molecule has 0 saturated heterocycles. The summed E-state index contributed by atoms with van der Waals surface area (Å²) < 4.78 is 5.88. The molecule has 2 heterocycles. The normalized spacial score (nSPS) is 17.1. The minimum Gasteiger partial charge on any atom is -0.454 e. The molecule has 0 unspecified atom stereocenters. The smallest absolute Gasteiger partial charge is 0.182 e. The molecular formula is C16H19N3OS. The molecule has 1 N–H and O–H groups in total. The van der Waals surface area contributed by atoms with Crippen molar-refractivity contribution in [1.82, 2.24) is 10.4 Å². The quantitative estimate of drug-likeness (QED) is 0.864. The van der Waals surface area contributed by atoms with Gasteiger partial charge in [0, 0.05) is 24.4 Å². The number of rotatable bonds is 4. The summed E-state index contributed by atoms with van der Waals surface area (Å²) in [4.78, 5) is 4.59. The van der Waals surface area contributed by atoms with E-state index in [1.807, 2.05) is 30.3 Å². The van der Waals surface area contributed by atoms with Crippen LogP contribution in [0.1, 0.15) is 25.5 Å². The molecule has 5 heteroatoms. The van der Waals surface area contributed by atoms with Gasteiger partial charge in [0.1, 0.15) is 11.3 Å². The first-order valence-corrected chi connectivity index (χ1v) is 8.06. The van der Waals surface area contributed by atoms with Crippen LogP contribution in [0, 0.1) is 0 Å². The number of hydrogen-bond acceptors (Lipinski definition) is 4. The maximum Gasteiger partial charge on any atom is 0.182 e. The third kappa shape index (κ3) is 3.08. The molecule has 0 atom stereocenters. The van der Waals surface area contributed by atoms with Gasteiger partial charge in [0.2, 0.25) is 0 Å². The zero-order chi connectivity index (χ0) is 14.7. The van der Waals surface area contributed by atoms with E-state index >= 15 is 0 Å². The molecule has 0 spiro atoms. The number of furan rings is 1. The number of nitrogens with one attached hydrogen (secondary N) is 1. The number of nitrogens with zero attached hydrogens (tertiary/aromatic N) is 2. The first-order chi connectivity index (χ1) is 10.3. The SMILES string of the molecule is CCCCN=C1SC=C(c2cc3ccccc3o2)NN1C. The van der Waals surface area contributed by atoms with Gasteiger partial charge in [0.05, 0.1) is 0 Å². The summed E-state index contributed by atoms with van der Waals surface area (Å²) in [5, 5.41) is 6.11. The second-order valence-electron chi connectivity index (χ2n) is 4.99. The topological polar surface area (TPSA) is 40.8 Å². The Balaban J connectivity index is 1.79. The van der Waals surface area contributed by atoms with E-state index < -0.39 is 0 Å². The second kappa shape index (κ2) is 6.26. The maximum absolute atomic E-state index is 5.88. The Morgan fingerprint density at radius 2 is 2.19 bits per heavy atom. The van der Waals surface area contributed by atoms with Gasteiger partial charge in [-0.3, -0.25) is 15.4 Å². The van der Waals surface area contributed by atoms with Gasteiger partial charge in [-0.2, -0.15) is 0 Å². The largest absolute Gasteiger partial charge is 0.454 e. The van der Waals surface area contributed by atoms with E-state index in [-0.39, 0.29) is 0 Å². The fourth-order valence-corrected chi connectivity index (χ4v) is 2.91. The van der Waals surface area contributed by atoms with Crippen LogP contribution in [-0.2, 0) is 0 Å². The highest BCUT2D eigenvalue weighted by Crippen LogP contribution is 2.28. The summed E-state index contributed by atoms with van der Waals surface area (Å²) in [6.45, 7) is 3.05. The van der Waals surface area contributed by atoms with E-state index in [4.69, 9.17) is 4.42 Å². The monoisotopic (exact) mass is 301 g/mol. The molecular weight excluding hydrogens is 282 g/mol. The molecule has 1 aromatic heterocycles. The second-order valence-corrected chi connectivity index (χ2v) is 5.82. The zero-order valence-corrected chi connectivity index (χ0v) is 13.1. The van der Waals surface area contributed by atoms with Crippen LogP contribution in [0.5, 0.6) is 0 Å². The van der Waals surface area contributed by atoms with E-state index in [1.165, 1.54) is 6.42 Å². The lowest BCUT2D eigenvalue weighted by molar-refractivity contribution is 0.441. The third-order valence-electron chi connectivity index (χ3n) is 3.31. The highest BCUT2D eigenvalue weighted by molar-refractivity contribution is 8.16. The average molecular weight is 301 g/mol. The summed E-state index contributed by atoms with van der Waals surface area (Å²) in [6.07, 6.45) is 2.29. The fraction of sp³-hybridized carbons (Fsp3) is 0.312. The van der Waals surface area contributed by atoms with Crippen LogP contribution in [0.4, 0.5) is 0 Å². The Kier molecular flexibility index (Phi) is 4.20. The van der Waals surface area contributed by atoms with Crippen molar-refractivity contribution >= 4 is 33.6 Å². The average Bonchev–Trinajstić information content (AvgIpc) is 2.93. The van der Waals surface area contributed by atoms with E-state index in [2.05, 4.69) is 34.9 Å². The van der Waals surface area contributed by atoms with Gasteiger partial charge in [-0.25, -0.2) is 0 Å². The molecule has 0 radical (unpaired) electrons. The van der Waals surface area contributed by atoms with Crippen LogP contribution >= 0.6 is 11.8 Å². The predicted molar refractivity (Wildman–Crippen MR) is 89.9 cm³/mol. The molecule has 2 aromatic rings. The van der Waals surface area contributed by atoms with Gasteiger partial charge in [0.25, 0.3) is 0 Å². The van der Waals surface area contributed by atoms with Gasteiger partial charge >= 0.3 is 0 Å². The van der Waals surface area contributed by atoms with Crippen LogP contribution in [0.15, 0.2) is 45.1 Å². The Labute approximate surface area is 128 Å². The summed E-state index contributed by atoms with van der Waals surface area (Å²) in [6, 6.07) is 10.1. The van der Waals surface area contributed by atoms with Crippen molar-refractivity contribution in [1.29, 1.82) is 0 Å². The summed E-state index contributed by atoms with van der Waals surface area (Å²) in [5.41, 5.74) is 5.19. The number of hydrazine groups is 1. The van der Waals surface area contributed by atoms with Crippen molar-refractivity contribution < 1.29 is 4.42 Å². The van der Waals surface area contributed by atoms with Crippen LogP contribution in [0.2, 0.25) is 0 Å². The number of fused-ring (bicyclic) bond motifs is 1. The van der Waals surface area contributed by atoms with Crippen LogP contribution in [0.3, 0.4) is 0 Å². The van der Waals surface area contributed by atoms with Crippen LogP contribution in [0.25, 0.3) is 16.7 Å². The van der Waals surface area contributed by atoms with Gasteiger partial charge in [-0.05, 0) is 18.6 Å². The lowest BCUT2D eigenvalue weighted by Gasteiger charge is -2.26. The molecule has 1 aliphatic heterocycles. The molecule has 4 nitrogen and oxygen atoms in total. The molecule has 0 amide bonds. The number of thioether (sulfide) groups is 1. The molecule has 1 aromatic carbocycles. The number of unbranched alkanes of at least 4 members (excludes halogenated alkanes) is 1. The highest BCUT2D eigenvalue weighted by atomic mass is 32.2. The minimum atomic E-state index is 0.850.